The summed E-state index contributed by atoms with van der Waals surface area (Å²) in [7, 11) is 0. The van der Waals surface area contributed by atoms with Crippen LogP contribution in [0.3, 0.4) is 0 Å². The molecule has 0 fully saturated rings. The molecule has 0 saturated heterocycles. The van der Waals surface area contributed by atoms with Crippen molar-refractivity contribution in [2.75, 3.05) is 11.9 Å². The highest BCUT2D eigenvalue weighted by molar-refractivity contribution is 9.09. The molecule has 0 aromatic heterocycles. The Morgan fingerprint density at radius 3 is 2.60 bits per heavy atom. The number of alkyl halides is 1. The van der Waals surface area contributed by atoms with Crippen molar-refractivity contribution in [3.05, 3.63) is 29.8 Å². The van der Waals surface area contributed by atoms with Gasteiger partial charge in [-0.3, -0.25) is 0 Å². The van der Waals surface area contributed by atoms with Gasteiger partial charge in [-0.25, -0.2) is 0 Å². The van der Waals surface area contributed by atoms with Crippen molar-refractivity contribution in [3.63, 3.8) is 0 Å². The molecule has 3 heteroatoms. The lowest BCUT2D eigenvalue weighted by Crippen LogP contribution is -1.95. The van der Waals surface area contributed by atoms with E-state index in [0.717, 1.165) is 11.3 Å². The first kappa shape index (κ1) is 11.6. The predicted octanol–water partition coefficient (Wildman–Crippen LogP) is 2.73. The maximum absolute atomic E-state index is 8.33. The summed E-state index contributed by atoms with van der Waals surface area (Å²) in [6, 6.07) is 9.54. The first-order valence-electron chi connectivity index (χ1n) is 4.51. The van der Waals surface area contributed by atoms with Crippen LogP contribution < -0.4 is 4.74 Å². The lowest BCUT2D eigenvalue weighted by Gasteiger charge is -2.02. The third-order valence-corrected chi connectivity index (χ3v) is 1.92. The lowest BCUT2D eigenvalue weighted by atomic mass is 10.2. The Morgan fingerprint density at radius 1 is 1.27 bits per heavy atom. The van der Waals surface area contributed by atoms with E-state index in [4.69, 9.17) is 10.00 Å². The summed E-state index contributed by atoms with van der Waals surface area (Å²) in [6.45, 7) is 0.433. The molecule has 0 spiro atoms. The molecule has 0 aliphatic heterocycles. The van der Waals surface area contributed by atoms with E-state index >= 15 is 0 Å². The topological polar surface area (TPSA) is 33.0 Å². The second-order valence-electron chi connectivity index (χ2n) is 2.72. The Morgan fingerprint density at radius 2 is 2.00 bits per heavy atom. The number of hydrogen-bond donors (Lipinski definition) is 0. The van der Waals surface area contributed by atoms with Crippen LogP contribution in [0.1, 0.15) is 12.0 Å². The van der Waals surface area contributed by atoms with Crippen LogP contribution in [0.25, 0.3) is 0 Å². The van der Waals surface area contributed by atoms with Gasteiger partial charge in [0.05, 0.1) is 17.8 Å². The van der Waals surface area contributed by atoms with Crippen LogP contribution >= 0.6 is 15.9 Å². The van der Waals surface area contributed by atoms with E-state index in [1.165, 1.54) is 0 Å². The molecule has 0 unspecified atom stereocenters. The van der Waals surface area contributed by atoms with E-state index in [1.807, 2.05) is 30.3 Å². The van der Waals surface area contributed by atoms with E-state index in [1.54, 1.807) is 0 Å². The summed E-state index contributed by atoms with van der Waals surface area (Å²) in [5, 5.41) is 9.01. The SMILES string of the molecule is N#CCCOc1ccc(C#CCBr)cc1. The first-order chi connectivity index (χ1) is 7.36. The third kappa shape index (κ3) is 4.54. The van der Waals surface area contributed by atoms with Gasteiger partial charge in [0.25, 0.3) is 0 Å². The highest BCUT2D eigenvalue weighted by atomic mass is 79.9. The lowest BCUT2D eigenvalue weighted by molar-refractivity contribution is 0.326. The normalized spacial score (nSPS) is 8.53. The highest BCUT2D eigenvalue weighted by Gasteiger charge is 1.92. The summed E-state index contributed by atoms with van der Waals surface area (Å²) in [4.78, 5) is 0. The van der Waals surface area contributed by atoms with Crippen molar-refractivity contribution in [2.45, 2.75) is 6.42 Å². The molecular weight excluding hydrogens is 254 g/mol. The van der Waals surface area contributed by atoms with Crippen molar-refractivity contribution in [1.82, 2.24) is 0 Å². The van der Waals surface area contributed by atoms with E-state index in [9.17, 15) is 0 Å². The Balaban J connectivity index is 2.53. The fourth-order valence-corrected chi connectivity index (χ4v) is 1.12. The maximum atomic E-state index is 8.33. The van der Waals surface area contributed by atoms with Crippen LogP contribution in [0.15, 0.2) is 24.3 Å². The number of nitrogens with zero attached hydrogens (tertiary/aromatic N) is 1. The van der Waals surface area contributed by atoms with Crippen LogP contribution in [0.2, 0.25) is 0 Å². The zero-order valence-electron chi connectivity index (χ0n) is 8.16. The number of nitriles is 1. The second kappa shape index (κ2) is 6.92. The van der Waals surface area contributed by atoms with E-state index < -0.39 is 0 Å². The van der Waals surface area contributed by atoms with Gasteiger partial charge in [0.1, 0.15) is 12.4 Å². The van der Waals surface area contributed by atoms with Crippen molar-refractivity contribution in [2.24, 2.45) is 0 Å². The standard InChI is InChI=1S/C12H10BrNO/c13-8-1-3-11-4-6-12(7-5-11)15-10-2-9-14/h4-7H,2,8,10H2. The number of rotatable bonds is 3. The molecule has 2 nitrogen and oxygen atoms in total. The van der Waals surface area contributed by atoms with Gasteiger partial charge in [0.15, 0.2) is 0 Å². The molecule has 1 aromatic rings. The molecule has 0 heterocycles. The molecule has 0 aliphatic carbocycles. The molecule has 0 saturated carbocycles. The Kier molecular flexibility index (Phi) is 5.37. The summed E-state index contributed by atoms with van der Waals surface area (Å²) in [5.41, 5.74) is 0.960. The van der Waals surface area contributed by atoms with Gasteiger partial charge in [-0.15, -0.1) is 0 Å². The smallest absolute Gasteiger partial charge is 0.119 e. The molecule has 15 heavy (non-hydrogen) atoms. The summed E-state index contributed by atoms with van der Waals surface area (Å²) in [6.07, 6.45) is 0.408. The van der Waals surface area contributed by atoms with E-state index in [2.05, 4.69) is 27.8 Å². The van der Waals surface area contributed by atoms with Crippen molar-refractivity contribution >= 4 is 15.9 Å². The molecule has 1 aromatic carbocycles. The highest BCUT2D eigenvalue weighted by Crippen LogP contribution is 2.11. The zero-order valence-corrected chi connectivity index (χ0v) is 9.75. The molecule has 1 rings (SSSR count). The minimum atomic E-state index is 0.408. The number of ether oxygens (including phenoxy) is 1. The number of hydrogen-bond acceptors (Lipinski definition) is 2. The van der Waals surface area contributed by atoms with Crippen LogP contribution in [-0.4, -0.2) is 11.9 Å². The molecule has 0 aliphatic rings. The van der Waals surface area contributed by atoms with E-state index in [0.29, 0.717) is 18.4 Å². The van der Waals surface area contributed by atoms with Crippen LogP contribution in [0, 0.1) is 23.2 Å². The zero-order chi connectivity index (χ0) is 10.9. The van der Waals surface area contributed by atoms with E-state index in [-0.39, 0.29) is 0 Å². The van der Waals surface area contributed by atoms with Crippen molar-refractivity contribution in [3.8, 4) is 23.7 Å². The number of halogens is 1. The summed E-state index contributed by atoms with van der Waals surface area (Å²) >= 11 is 3.23. The second-order valence-corrected chi connectivity index (χ2v) is 3.28. The summed E-state index contributed by atoms with van der Waals surface area (Å²) < 4.78 is 5.33. The van der Waals surface area contributed by atoms with Gasteiger partial charge in [0, 0.05) is 5.56 Å². The average Bonchev–Trinajstić information content (AvgIpc) is 2.28. The predicted molar refractivity (Wildman–Crippen MR) is 62.8 cm³/mol. The largest absolute Gasteiger partial charge is 0.493 e. The monoisotopic (exact) mass is 263 g/mol. The fraction of sp³-hybridized carbons (Fsp3) is 0.250. The minimum absolute atomic E-state index is 0.408. The summed E-state index contributed by atoms with van der Waals surface area (Å²) in [5.74, 6) is 6.68. The number of benzene rings is 1. The Labute approximate surface area is 98.0 Å². The van der Waals surface area contributed by atoms with Crippen LogP contribution in [0.5, 0.6) is 5.75 Å². The molecular formula is C12H10BrNO. The molecule has 0 radical (unpaired) electrons. The first-order valence-corrected chi connectivity index (χ1v) is 5.63. The minimum Gasteiger partial charge on any atom is -0.493 e. The molecule has 0 bridgehead atoms. The van der Waals surface area contributed by atoms with Gasteiger partial charge in [-0.1, -0.05) is 27.8 Å². The fourth-order valence-electron chi connectivity index (χ4n) is 0.984. The van der Waals surface area contributed by atoms with Gasteiger partial charge in [-0.2, -0.15) is 5.26 Å². The third-order valence-electron chi connectivity index (χ3n) is 1.64. The van der Waals surface area contributed by atoms with Crippen molar-refractivity contribution < 1.29 is 4.74 Å². The average molecular weight is 264 g/mol. The maximum Gasteiger partial charge on any atom is 0.119 e. The van der Waals surface area contributed by atoms with Gasteiger partial charge >= 0.3 is 0 Å². The molecule has 0 N–H and O–H groups in total. The quantitative estimate of drug-likeness (QED) is 0.477. The Hall–Kier alpha value is -1.45. The molecule has 0 atom stereocenters. The van der Waals surface area contributed by atoms with Crippen molar-refractivity contribution in [1.29, 1.82) is 5.26 Å². The van der Waals surface area contributed by atoms with Gasteiger partial charge in [0.2, 0.25) is 0 Å². The van der Waals surface area contributed by atoms with Crippen LogP contribution in [-0.2, 0) is 0 Å². The Bertz CT molecular complexity index is 394. The van der Waals surface area contributed by atoms with Crippen LogP contribution in [0.4, 0.5) is 0 Å². The molecule has 76 valence electrons. The van der Waals surface area contributed by atoms with Gasteiger partial charge < -0.3 is 4.74 Å². The van der Waals surface area contributed by atoms with Gasteiger partial charge in [-0.05, 0) is 24.3 Å². The molecule has 0 amide bonds.